The van der Waals surface area contributed by atoms with Gasteiger partial charge in [0, 0.05) is 32.8 Å². The van der Waals surface area contributed by atoms with Crippen molar-refractivity contribution in [3.8, 4) is 0 Å². The molecule has 1 rings (SSSR count). The highest BCUT2D eigenvalue weighted by molar-refractivity contribution is 7.98. The summed E-state index contributed by atoms with van der Waals surface area (Å²) in [6.45, 7) is 5.80. The highest BCUT2D eigenvalue weighted by atomic mass is 32.2. The lowest BCUT2D eigenvalue weighted by Gasteiger charge is -2.28. The number of nitrogens with one attached hydrogen (secondary N) is 1. The van der Waals surface area contributed by atoms with Gasteiger partial charge in [0.05, 0.1) is 6.61 Å². The third-order valence-corrected chi connectivity index (χ3v) is 3.13. The number of nitrogens with zero attached hydrogens (tertiary/aromatic N) is 3. The SMILES string of the molecule is CNc1cc(N(CCOC)C(C)C)nc(SC)n1. The van der Waals surface area contributed by atoms with Crippen LogP contribution in [0.4, 0.5) is 11.6 Å². The highest BCUT2D eigenvalue weighted by Gasteiger charge is 2.14. The Morgan fingerprint density at radius 1 is 1.44 bits per heavy atom. The van der Waals surface area contributed by atoms with Crippen molar-refractivity contribution in [3.63, 3.8) is 0 Å². The van der Waals surface area contributed by atoms with Gasteiger partial charge < -0.3 is 15.0 Å². The van der Waals surface area contributed by atoms with E-state index < -0.39 is 0 Å². The van der Waals surface area contributed by atoms with Gasteiger partial charge in [0.2, 0.25) is 0 Å². The van der Waals surface area contributed by atoms with Gasteiger partial charge in [-0.1, -0.05) is 11.8 Å². The summed E-state index contributed by atoms with van der Waals surface area (Å²) in [7, 11) is 3.58. The van der Waals surface area contributed by atoms with E-state index in [0.29, 0.717) is 12.6 Å². The molecule has 0 radical (unpaired) electrons. The maximum absolute atomic E-state index is 5.15. The van der Waals surface area contributed by atoms with E-state index in [9.17, 15) is 0 Å². The second-order valence-corrected chi connectivity index (χ2v) is 4.90. The van der Waals surface area contributed by atoms with Gasteiger partial charge in [0.15, 0.2) is 5.16 Å². The molecule has 0 bridgehead atoms. The van der Waals surface area contributed by atoms with Crippen LogP contribution in [-0.2, 0) is 4.74 Å². The molecule has 18 heavy (non-hydrogen) atoms. The second kappa shape index (κ2) is 7.43. The molecule has 1 aromatic rings. The van der Waals surface area contributed by atoms with Gasteiger partial charge in [-0.15, -0.1) is 0 Å². The van der Waals surface area contributed by atoms with E-state index in [-0.39, 0.29) is 0 Å². The van der Waals surface area contributed by atoms with Gasteiger partial charge in [-0.25, -0.2) is 9.97 Å². The average Bonchev–Trinajstić information content (AvgIpc) is 2.38. The molecule has 6 heteroatoms. The molecule has 0 aliphatic heterocycles. The molecule has 1 N–H and O–H groups in total. The molecule has 0 unspecified atom stereocenters. The van der Waals surface area contributed by atoms with Crippen molar-refractivity contribution in [2.45, 2.75) is 25.0 Å². The zero-order valence-electron chi connectivity index (χ0n) is 11.7. The topological polar surface area (TPSA) is 50.3 Å². The Bertz CT molecular complexity index is 351. The zero-order chi connectivity index (χ0) is 13.5. The van der Waals surface area contributed by atoms with E-state index in [4.69, 9.17) is 4.74 Å². The summed E-state index contributed by atoms with van der Waals surface area (Å²) in [5, 5.41) is 3.85. The third-order valence-electron chi connectivity index (χ3n) is 2.58. The maximum atomic E-state index is 5.15. The van der Waals surface area contributed by atoms with Crippen LogP contribution in [0.2, 0.25) is 0 Å². The van der Waals surface area contributed by atoms with E-state index in [1.165, 1.54) is 0 Å². The molecule has 0 fully saturated rings. The monoisotopic (exact) mass is 270 g/mol. The van der Waals surface area contributed by atoms with E-state index in [1.807, 2.05) is 19.4 Å². The molecular weight excluding hydrogens is 248 g/mol. The van der Waals surface area contributed by atoms with Gasteiger partial charge in [0.25, 0.3) is 0 Å². The van der Waals surface area contributed by atoms with Gasteiger partial charge in [-0.2, -0.15) is 0 Å². The zero-order valence-corrected chi connectivity index (χ0v) is 12.5. The number of methoxy groups -OCH3 is 1. The fraction of sp³-hybridized carbons (Fsp3) is 0.667. The first-order chi connectivity index (χ1) is 8.62. The van der Waals surface area contributed by atoms with Crippen molar-refractivity contribution in [1.29, 1.82) is 0 Å². The van der Waals surface area contributed by atoms with Crippen molar-refractivity contribution in [2.75, 3.05) is 43.8 Å². The van der Waals surface area contributed by atoms with Crippen LogP contribution >= 0.6 is 11.8 Å². The molecule has 0 spiro atoms. The predicted molar refractivity (Wildman–Crippen MR) is 77.7 cm³/mol. The molecule has 1 aromatic heterocycles. The summed E-state index contributed by atoms with van der Waals surface area (Å²) < 4.78 is 5.15. The van der Waals surface area contributed by atoms with Crippen molar-refractivity contribution >= 4 is 23.4 Å². The molecular formula is C12H22N4OS. The minimum absolute atomic E-state index is 0.370. The minimum atomic E-state index is 0.370. The first-order valence-corrected chi connectivity index (χ1v) is 7.21. The lowest BCUT2D eigenvalue weighted by molar-refractivity contribution is 0.203. The molecule has 0 saturated carbocycles. The van der Waals surface area contributed by atoms with Crippen molar-refractivity contribution < 1.29 is 4.74 Å². The highest BCUT2D eigenvalue weighted by Crippen LogP contribution is 2.21. The van der Waals surface area contributed by atoms with Crippen LogP contribution in [-0.4, -0.2) is 49.6 Å². The third kappa shape index (κ3) is 4.03. The molecule has 1 heterocycles. The molecule has 0 aromatic carbocycles. The summed E-state index contributed by atoms with van der Waals surface area (Å²) in [6.07, 6.45) is 1.98. The van der Waals surface area contributed by atoms with Crippen molar-refractivity contribution in [2.24, 2.45) is 0 Å². The number of thioether (sulfide) groups is 1. The number of ether oxygens (including phenoxy) is 1. The van der Waals surface area contributed by atoms with E-state index in [0.717, 1.165) is 23.3 Å². The molecule has 102 valence electrons. The molecule has 0 aliphatic carbocycles. The fourth-order valence-electron chi connectivity index (χ4n) is 1.61. The average molecular weight is 270 g/mol. The number of rotatable bonds is 7. The largest absolute Gasteiger partial charge is 0.383 e. The Morgan fingerprint density at radius 3 is 2.67 bits per heavy atom. The van der Waals surface area contributed by atoms with Crippen LogP contribution in [0.5, 0.6) is 0 Å². The number of aromatic nitrogens is 2. The molecule has 0 amide bonds. The van der Waals surface area contributed by atoms with E-state index in [1.54, 1.807) is 18.9 Å². The summed E-state index contributed by atoms with van der Waals surface area (Å²) in [5.74, 6) is 1.78. The van der Waals surface area contributed by atoms with E-state index >= 15 is 0 Å². The van der Waals surface area contributed by atoms with Crippen LogP contribution < -0.4 is 10.2 Å². The van der Waals surface area contributed by atoms with Crippen LogP contribution in [0.3, 0.4) is 0 Å². The Hall–Kier alpha value is -1.01. The maximum Gasteiger partial charge on any atom is 0.191 e. The van der Waals surface area contributed by atoms with Crippen molar-refractivity contribution in [1.82, 2.24) is 9.97 Å². The van der Waals surface area contributed by atoms with Crippen LogP contribution in [0.1, 0.15) is 13.8 Å². The quantitative estimate of drug-likeness (QED) is 0.605. The minimum Gasteiger partial charge on any atom is -0.383 e. The van der Waals surface area contributed by atoms with Crippen LogP contribution in [0.15, 0.2) is 11.2 Å². The van der Waals surface area contributed by atoms with Crippen molar-refractivity contribution in [3.05, 3.63) is 6.07 Å². The van der Waals surface area contributed by atoms with E-state index in [2.05, 4.69) is 34.0 Å². The number of hydrogen-bond acceptors (Lipinski definition) is 6. The molecule has 0 aliphatic rings. The Kier molecular flexibility index (Phi) is 6.21. The Balaban J connectivity index is 3.02. The molecule has 0 atom stereocenters. The summed E-state index contributed by atoms with van der Waals surface area (Å²) in [6, 6.07) is 2.34. The molecule has 5 nitrogen and oxygen atoms in total. The second-order valence-electron chi connectivity index (χ2n) is 4.13. The van der Waals surface area contributed by atoms with Gasteiger partial charge in [-0.05, 0) is 20.1 Å². The first kappa shape index (κ1) is 15.0. The summed E-state index contributed by atoms with van der Waals surface area (Å²) >= 11 is 1.55. The lowest BCUT2D eigenvalue weighted by Crippen LogP contribution is -2.34. The summed E-state index contributed by atoms with van der Waals surface area (Å²) in [5.41, 5.74) is 0. The number of anilines is 2. The first-order valence-electron chi connectivity index (χ1n) is 5.98. The van der Waals surface area contributed by atoms with Crippen LogP contribution in [0.25, 0.3) is 0 Å². The van der Waals surface area contributed by atoms with Gasteiger partial charge in [-0.3, -0.25) is 0 Å². The van der Waals surface area contributed by atoms with Gasteiger partial charge in [0.1, 0.15) is 11.6 Å². The van der Waals surface area contributed by atoms with Gasteiger partial charge >= 0.3 is 0 Å². The Labute approximate surface area is 113 Å². The van der Waals surface area contributed by atoms with Crippen LogP contribution in [0, 0.1) is 0 Å². The normalized spacial score (nSPS) is 10.8. The molecule has 0 saturated heterocycles. The summed E-state index contributed by atoms with van der Waals surface area (Å²) in [4.78, 5) is 11.1. The lowest BCUT2D eigenvalue weighted by atomic mass is 10.3. The standard InChI is InChI=1S/C12H22N4OS/c1-9(2)16(6-7-17-4)11-8-10(13-3)14-12(15-11)18-5/h8-9H,6-7H2,1-5H3,(H,13,14,15). The predicted octanol–water partition coefficient (Wildman–Crippen LogP) is 2.10. The fourth-order valence-corrected chi connectivity index (χ4v) is 1.98. The number of hydrogen-bond donors (Lipinski definition) is 1. The Morgan fingerprint density at radius 2 is 2.17 bits per heavy atom. The smallest absolute Gasteiger partial charge is 0.191 e.